The highest BCUT2D eigenvalue weighted by Crippen LogP contribution is 2.36. The number of benzene rings is 2. The maximum atomic E-state index is 14.2. The van der Waals surface area contributed by atoms with Crippen LogP contribution in [0.25, 0.3) is 10.9 Å². The van der Waals surface area contributed by atoms with Crippen LogP contribution in [-0.4, -0.2) is 70.5 Å². The number of nitrogens with one attached hydrogen (secondary N) is 4. The van der Waals surface area contributed by atoms with Crippen molar-refractivity contribution < 1.29 is 23.9 Å². The molecule has 2 aromatic carbocycles. The van der Waals surface area contributed by atoms with Crippen LogP contribution in [0.2, 0.25) is 0 Å². The van der Waals surface area contributed by atoms with Gasteiger partial charge in [0.25, 0.3) is 0 Å². The Kier molecular flexibility index (Phi) is 9.71. The predicted molar refractivity (Wildman–Crippen MR) is 170 cm³/mol. The van der Waals surface area contributed by atoms with Gasteiger partial charge >= 0.3 is 6.09 Å². The first kappa shape index (κ1) is 32.6. The predicted octanol–water partition coefficient (Wildman–Crippen LogP) is 4.20. The lowest BCUT2D eigenvalue weighted by molar-refractivity contribution is -0.140. The molecule has 0 aliphatic carbocycles. The fourth-order valence-electron chi connectivity index (χ4n) is 5.74. The van der Waals surface area contributed by atoms with Crippen molar-refractivity contribution in [1.29, 1.82) is 0 Å². The number of hydrogen-bond donors (Lipinski definition) is 4. The van der Waals surface area contributed by atoms with Gasteiger partial charge in [-0.3, -0.25) is 14.4 Å². The first-order chi connectivity index (χ1) is 20.8. The molecule has 4 N–H and O–H groups in total. The summed E-state index contributed by atoms with van der Waals surface area (Å²) in [6.07, 6.45) is 2.28. The summed E-state index contributed by atoms with van der Waals surface area (Å²) >= 11 is 0. The number of carbonyl (C=O) groups excluding carboxylic acids is 4. The number of carbonyl (C=O) groups is 4. The number of ether oxygens (including phenoxy) is 1. The maximum absolute atomic E-state index is 14.2. The number of likely N-dealkylation sites (N-methyl/N-ethyl adjacent to an activating group) is 1. The van der Waals surface area contributed by atoms with E-state index >= 15 is 0 Å². The number of alkyl carbamates (subject to hydrolysis) is 1. The van der Waals surface area contributed by atoms with Gasteiger partial charge in [0.1, 0.15) is 17.2 Å². The first-order valence-electron chi connectivity index (χ1n) is 15.3. The minimum absolute atomic E-state index is 0.0445. The molecule has 1 unspecified atom stereocenters. The van der Waals surface area contributed by atoms with Crippen molar-refractivity contribution in [3.05, 3.63) is 71.9 Å². The lowest BCUT2D eigenvalue weighted by Gasteiger charge is -2.42. The van der Waals surface area contributed by atoms with Gasteiger partial charge in [-0.25, -0.2) is 4.79 Å². The van der Waals surface area contributed by atoms with Crippen LogP contribution >= 0.6 is 0 Å². The molecule has 3 aromatic rings. The highest BCUT2D eigenvalue weighted by Gasteiger charge is 2.44. The van der Waals surface area contributed by atoms with Crippen molar-refractivity contribution in [2.75, 3.05) is 19.6 Å². The van der Waals surface area contributed by atoms with Crippen LogP contribution in [0.1, 0.15) is 65.5 Å². The van der Waals surface area contributed by atoms with E-state index in [9.17, 15) is 19.2 Å². The Balaban J connectivity index is 1.57. The molecule has 1 atom stereocenters. The molecule has 1 aliphatic heterocycles. The van der Waals surface area contributed by atoms with E-state index in [0.29, 0.717) is 32.5 Å². The zero-order chi connectivity index (χ0) is 32.1. The third-order valence-electron chi connectivity index (χ3n) is 8.11. The molecule has 44 heavy (non-hydrogen) atoms. The summed E-state index contributed by atoms with van der Waals surface area (Å²) < 4.78 is 5.36. The van der Waals surface area contributed by atoms with E-state index in [1.165, 1.54) is 0 Å². The number of amides is 4. The van der Waals surface area contributed by atoms with Gasteiger partial charge in [-0.2, -0.15) is 0 Å². The molecule has 0 spiro atoms. The van der Waals surface area contributed by atoms with Gasteiger partial charge < -0.3 is 30.6 Å². The minimum atomic E-state index is -1.36. The summed E-state index contributed by atoms with van der Waals surface area (Å²) in [5, 5.41) is 9.51. The van der Waals surface area contributed by atoms with Crippen molar-refractivity contribution in [1.82, 2.24) is 25.8 Å². The zero-order valence-corrected chi connectivity index (χ0v) is 26.6. The third-order valence-corrected chi connectivity index (χ3v) is 8.11. The van der Waals surface area contributed by atoms with Gasteiger partial charge in [0.05, 0.1) is 5.41 Å². The van der Waals surface area contributed by atoms with Gasteiger partial charge in [-0.1, -0.05) is 48.5 Å². The Labute approximate surface area is 259 Å². The highest BCUT2D eigenvalue weighted by molar-refractivity contribution is 5.95. The summed E-state index contributed by atoms with van der Waals surface area (Å²) in [5.41, 5.74) is -0.0970. The second-order valence-electron chi connectivity index (χ2n) is 13.0. The van der Waals surface area contributed by atoms with E-state index in [1.807, 2.05) is 67.7 Å². The van der Waals surface area contributed by atoms with Crippen LogP contribution in [0.3, 0.4) is 0 Å². The van der Waals surface area contributed by atoms with Crippen molar-refractivity contribution in [3.63, 3.8) is 0 Å². The molecule has 0 saturated carbocycles. The summed E-state index contributed by atoms with van der Waals surface area (Å²) in [6.45, 7) is 11.5. The number of para-hydroxylation sites is 1. The Bertz CT molecular complexity index is 1480. The summed E-state index contributed by atoms with van der Waals surface area (Å²) in [4.78, 5) is 58.6. The van der Waals surface area contributed by atoms with E-state index in [4.69, 9.17) is 4.74 Å². The van der Waals surface area contributed by atoms with E-state index in [0.717, 1.165) is 22.0 Å². The first-order valence-corrected chi connectivity index (χ1v) is 15.3. The molecule has 0 radical (unpaired) electrons. The molecule has 10 heteroatoms. The quantitative estimate of drug-likeness (QED) is 0.291. The SMILES string of the molecule is CCNC(=O)C1(c2ccccc2)CCN(C(=O)C(Cc2c[nH]c3ccccc23)NC(=O)C(C)(C)NC(=O)OC(C)(C)C)CC1. The van der Waals surface area contributed by atoms with Crippen LogP contribution < -0.4 is 16.0 Å². The lowest BCUT2D eigenvalue weighted by atomic mass is 9.72. The van der Waals surface area contributed by atoms with Gasteiger partial charge in [-0.15, -0.1) is 0 Å². The normalized spacial score (nSPS) is 15.7. The van der Waals surface area contributed by atoms with E-state index < -0.39 is 34.6 Å². The molecule has 1 aromatic heterocycles. The summed E-state index contributed by atoms with van der Waals surface area (Å²) in [7, 11) is 0. The number of fused-ring (bicyclic) bond motifs is 1. The minimum Gasteiger partial charge on any atom is -0.444 e. The van der Waals surface area contributed by atoms with Crippen LogP contribution in [0.15, 0.2) is 60.8 Å². The number of piperidine rings is 1. The molecule has 2 heterocycles. The smallest absolute Gasteiger partial charge is 0.408 e. The van der Waals surface area contributed by atoms with Crippen molar-refractivity contribution in [3.8, 4) is 0 Å². The average Bonchev–Trinajstić information content (AvgIpc) is 3.38. The molecule has 4 amide bonds. The fourth-order valence-corrected chi connectivity index (χ4v) is 5.74. The van der Waals surface area contributed by atoms with Crippen molar-refractivity contribution in [2.24, 2.45) is 0 Å². The molecule has 10 nitrogen and oxygen atoms in total. The van der Waals surface area contributed by atoms with Gasteiger partial charge in [0, 0.05) is 43.2 Å². The Hall–Kier alpha value is -4.34. The number of hydrogen-bond acceptors (Lipinski definition) is 5. The third kappa shape index (κ3) is 7.41. The molecule has 4 rings (SSSR count). The van der Waals surface area contributed by atoms with Crippen LogP contribution in [-0.2, 0) is 31.0 Å². The van der Waals surface area contributed by atoms with Crippen LogP contribution in [0, 0.1) is 0 Å². The molecule has 1 saturated heterocycles. The topological polar surface area (TPSA) is 133 Å². The Morgan fingerprint density at radius 2 is 1.59 bits per heavy atom. The van der Waals surface area contributed by atoms with Crippen LogP contribution in [0.5, 0.6) is 0 Å². The Morgan fingerprint density at radius 3 is 2.23 bits per heavy atom. The average molecular weight is 604 g/mol. The number of aromatic nitrogens is 1. The van der Waals surface area contributed by atoms with Crippen LogP contribution in [0.4, 0.5) is 4.79 Å². The number of rotatable bonds is 9. The van der Waals surface area contributed by atoms with Crippen molar-refractivity contribution >= 4 is 34.7 Å². The van der Waals surface area contributed by atoms with E-state index in [-0.39, 0.29) is 18.2 Å². The molecular formula is C34H45N5O5. The molecule has 0 bridgehead atoms. The lowest BCUT2D eigenvalue weighted by Crippen LogP contribution is -2.61. The number of aromatic amines is 1. The van der Waals surface area contributed by atoms with Gasteiger partial charge in [0.15, 0.2) is 0 Å². The number of H-pyrrole nitrogens is 1. The standard InChI is InChI=1S/C34H45N5O5/c1-7-35-30(42)34(24-13-9-8-10-14-24)17-19-39(20-18-34)28(40)27(21-23-22-36-26-16-12-11-15-25(23)26)37-29(41)33(5,6)38-31(43)44-32(2,3)4/h8-16,22,27,36H,7,17-21H2,1-6H3,(H,35,42)(H,37,41)(H,38,43). The van der Waals surface area contributed by atoms with Crippen molar-refractivity contribution in [2.45, 2.75) is 83.4 Å². The summed E-state index contributed by atoms with van der Waals surface area (Å²) in [5.74, 6) is -0.800. The van der Waals surface area contributed by atoms with Gasteiger partial charge in [-0.05, 0) is 71.6 Å². The van der Waals surface area contributed by atoms with E-state index in [2.05, 4.69) is 20.9 Å². The molecular weight excluding hydrogens is 558 g/mol. The number of nitrogens with zero attached hydrogens (tertiary/aromatic N) is 1. The zero-order valence-electron chi connectivity index (χ0n) is 26.6. The molecule has 1 aliphatic rings. The summed E-state index contributed by atoms with van der Waals surface area (Å²) in [6, 6.07) is 16.6. The Morgan fingerprint density at radius 1 is 0.955 bits per heavy atom. The van der Waals surface area contributed by atoms with Gasteiger partial charge in [0.2, 0.25) is 17.7 Å². The highest BCUT2D eigenvalue weighted by atomic mass is 16.6. The largest absolute Gasteiger partial charge is 0.444 e. The number of likely N-dealkylation sites (tertiary alicyclic amines) is 1. The second-order valence-corrected chi connectivity index (χ2v) is 13.0. The molecule has 1 fully saturated rings. The fraction of sp³-hybridized carbons (Fsp3) is 0.471. The second kappa shape index (κ2) is 13.1. The molecule has 236 valence electrons. The van der Waals surface area contributed by atoms with E-state index in [1.54, 1.807) is 39.5 Å². The monoisotopic (exact) mass is 603 g/mol. The maximum Gasteiger partial charge on any atom is 0.408 e.